The van der Waals surface area contributed by atoms with E-state index in [4.69, 9.17) is 9.26 Å². The molecule has 0 atom stereocenters. The maximum Gasteiger partial charge on any atom is 0.344 e. The smallest absolute Gasteiger partial charge is 0.344 e. The third kappa shape index (κ3) is 3.14. The minimum absolute atomic E-state index is 0.0274. The van der Waals surface area contributed by atoms with Gasteiger partial charge in [-0.05, 0) is 63.2 Å². The highest BCUT2D eigenvalue weighted by atomic mass is 16.5. The molecule has 4 fully saturated rings. The molecule has 0 unspecified atom stereocenters. The lowest BCUT2D eigenvalue weighted by Crippen LogP contribution is -2.60. The van der Waals surface area contributed by atoms with Crippen LogP contribution in [0.25, 0.3) is 0 Å². The standard InChI is InChI=1S/C20H28N2O4/c1-11(2)18-17(12(3)22-26-18)19(24)25-10-16(23)21-20-7-13-4-14(8-20)6-15(5-13)9-20/h11,13-15H,4-10H2,1-3H3,(H,21,23). The van der Waals surface area contributed by atoms with Crippen LogP contribution in [-0.2, 0) is 9.53 Å². The molecule has 1 N–H and O–H groups in total. The van der Waals surface area contributed by atoms with E-state index in [-0.39, 0.29) is 24.0 Å². The summed E-state index contributed by atoms with van der Waals surface area (Å²) >= 11 is 0. The second-order valence-corrected chi connectivity index (χ2v) is 8.98. The molecular formula is C20H28N2O4. The quantitative estimate of drug-likeness (QED) is 0.815. The Hall–Kier alpha value is -1.85. The Bertz CT molecular complexity index is 686. The molecule has 4 bridgehead atoms. The van der Waals surface area contributed by atoms with Crippen LogP contribution in [0, 0.1) is 24.7 Å². The molecule has 0 radical (unpaired) electrons. The van der Waals surface area contributed by atoms with Gasteiger partial charge in [0.1, 0.15) is 5.56 Å². The second kappa shape index (κ2) is 6.39. The first kappa shape index (κ1) is 17.6. The molecule has 4 aliphatic carbocycles. The van der Waals surface area contributed by atoms with E-state index in [0.29, 0.717) is 17.0 Å². The number of carbonyl (C=O) groups is 2. The van der Waals surface area contributed by atoms with Gasteiger partial charge in [-0.3, -0.25) is 4.79 Å². The van der Waals surface area contributed by atoms with Crippen molar-refractivity contribution in [3.63, 3.8) is 0 Å². The maximum absolute atomic E-state index is 12.5. The van der Waals surface area contributed by atoms with Gasteiger partial charge in [-0.15, -0.1) is 0 Å². The number of rotatable bonds is 5. The molecule has 0 saturated heterocycles. The van der Waals surface area contributed by atoms with Crippen LogP contribution in [0.3, 0.4) is 0 Å². The monoisotopic (exact) mass is 360 g/mol. The molecule has 6 nitrogen and oxygen atoms in total. The van der Waals surface area contributed by atoms with Gasteiger partial charge in [-0.1, -0.05) is 19.0 Å². The summed E-state index contributed by atoms with van der Waals surface area (Å²) in [6.07, 6.45) is 7.24. The van der Waals surface area contributed by atoms with E-state index < -0.39 is 5.97 Å². The van der Waals surface area contributed by atoms with Gasteiger partial charge in [0.2, 0.25) is 0 Å². The number of nitrogens with one attached hydrogen (secondary N) is 1. The van der Waals surface area contributed by atoms with Crippen LogP contribution >= 0.6 is 0 Å². The van der Waals surface area contributed by atoms with Crippen molar-refractivity contribution in [2.45, 2.75) is 70.8 Å². The summed E-state index contributed by atoms with van der Waals surface area (Å²) in [6, 6.07) is 0. The van der Waals surface area contributed by atoms with E-state index in [1.807, 2.05) is 13.8 Å². The molecule has 0 spiro atoms. The molecule has 4 aliphatic rings. The Morgan fingerprint density at radius 1 is 1.19 bits per heavy atom. The SMILES string of the molecule is Cc1noc(C(C)C)c1C(=O)OCC(=O)NC12CC3CC(CC(C3)C1)C2. The normalized spacial score (nSPS) is 32.1. The maximum atomic E-state index is 12.5. The number of hydrogen-bond acceptors (Lipinski definition) is 5. The zero-order valence-corrected chi connectivity index (χ0v) is 15.8. The zero-order valence-electron chi connectivity index (χ0n) is 15.8. The van der Waals surface area contributed by atoms with Crippen molar-refractivity contribution in [3.8, 4) is 0 Å². The Balaban J connectivity index is 1.36. The number of nitrogens with zero attached hydrogens (tertiary/aromatic N) is 1. The minimum atomic E-state index is -0.534. The minimum Gasteiger partial charge on any atom is -0.452 e. The zero-order chi connectivity index (χ0) is 18.5. The third-order valence-electron chi connectivity index (χ3n) is 6.39. The van der Waals surface area contributed by atoms with Crippen LogP contribution in [-0.4, -0.2) is 29.2 Å². The predicted molar refractivity (Wildman–Crippen MR) is 94.7 cm³/mol. The van der Waals surface area contributed by atoms with Crippen LogP contribution in [0.2, 0.25) is 0 Å². The number of carbonyl (C=O) groups excluding carboxylic acids is 2. The average Bonchev–Trinajstić information content (AvgIpc) is 2.93. The summed E-state index contributed by atoms with van der Waals surface area (Å²) in [4.78, 5) is 24.9. The summed E-state index contributed by atoms with van der Waals surface area (Å²) < 4.78 is 10.5. The summed E-state index contributed by atoms with van der Waals surface area (Å²) in [5.41, 5.74) is 0.789. The Morgan fingerprint density at radius 3 is 2.31 bits per heavy atom. The number of amides is 1. The number of esters is 1. The van der Waals surface area contributed by atoms with E-state index in [2.05, 4.69) is 10.5 Å². The average molecular weight is 360 g/mol. The molecule has 5 rings (SSSR count). The van der Waals surface area contributed by atoms with Crippen molar-refractivity contribution < 1.29 is 18.8 Å². The van der Waals surface area contributed by atoms with Crippen molar-refractivity contribution in [1.82, 2.24) is 10.5 Å². The van der Waals surface area contributed by atoms with Crippen LogP contribution in [0.1, 0.15) is 80.1 Å². The Kier molecular flexibility index (Phi) is 4.32. The van der Waals surface area contributed by atoms with Gasteiger partial charge in [0.25, 0.3) is 5.91 Å². The molecule has 1 amide bonds. The number of hydrogen-bond donors (Lipinski definition) is 1. The molecular weight excluding hydrogens is 332 g/mol. The summed E-state index contributed by atoms with van der Waals surface area (Å²) in [5.74, 6) is 2.09. The van der Waals surface area contributed by atoms with Gasteiger partial charge in [-0.25, -0.2) is 4.79 Å². The second-order valence-electron chi connectivity index (χ2n) is 8.98. The molecule has 6 heteroatoms. The first-order valence-corrected chi connectivity index (χ1v) is 9.79. The number of ether oxygens (including phenoxy) is 1. The fraction of sp³-hybridized carbons (Fsp3) is 0.750. The fourth-order valence-electron chi connectivity index (χ4n) is 5.83. The molecule has 0 aliphatic heterocycles. The first-order chi connectivity index (χ1) is 12.3. The molecule has 26 heavy (non-hydrogen) atoms. The molecule has 1 aromatic rings. The third-order valence-corrected chi connectivity index (χ3v) is 6.39. The van der Waals surface area contributed by atoms with Crippen molar-refractivity contribution in [1.29, 1.82) is 0 Å². The molecule has 1 aromatic heterocycles. The van der Waals surface area contributed by atoms with Crippen molar-refractivity contribution in [3.05, 3.63) is 17.0 Å². The van der Waals surface area contributed by atoms with E-state index >= 15 is 0 Å². The lowest BCUT2D eigenvalue weighted by molar-refractivity contribution is -0.130. The van der Waals surface area contributed by atoms with E-state index in [1.165, 1.54) is 19.3 Å². The van der Waals surface area contributed by atoms with Gasteiger partial charge in [0, 0.05) is 11.5 Å². The molecule has 142 valence electrons. The molecule has 4 saturated carbocycles. The largest absolute Gasteiger partial charge is 0.452 e. The van der Waals surface area contributed by atoms with Gasteiger partial charge in [-0.2, -0.15) is 0 Å². The predicted octanol–water partition coefficient (Wildman–Crippen LogP) is 3.35. The molecule has 0 aromatic carbocycles. The summed E-state index contributed by atoms with van der Waals surface area (Å²) in [7, 11) is 0. The van der Waals surface area contributed by atoms with E-state index in [9.17, 15) is 9.59 Å². The number of aryl methyl sites for hydroxylation is 1. The highest BCUT2D eigenvalue weighted by molar-refractivity contribution is 5.93. The summed E-state index contributed by atoms with van der Waals surface area (Å²) in [6.45, 7) is 5.32. The number of aromatic nitrogens is 1. The van der Waals surface area contributed by atoms with Crippen LogP contribution in [0.15, 0.2) is 4.52 Å². The lowest BCUT2D eigenvalue weighted by Gasteiger charge is -2.56. The van der Waals surface area contributed by atoms with Gasteiger partial charge >= 0.3 is 5.97 Å². The van der Waals surface area contributed by atoms with Crippen LogP contribution in [0.4, 0.5) is 0 Å². The summed E-state index contributed by atoms with van der Waals surface area (Å²) in [5, 5.41) is 7.08. The van der Waals surface area contributed by atoms with E-state index in [0.717, 1.165) is 37.0 Å². The Labute approximate surface area is 154 Å². The highest BCUT2D eigenvalue weighted by Crippen LogP contribution is 2.55. The first-order valence-electron chi connectivity index (χ1n) is 9.79. The highest BCUT2D eigenvalue weighted by Gasteiger charge is 2.51. The topological polar surface area (TPSA) is 81.4 Å². The van der Waals surface area contributed by atoms with Crippen LogP contribution < -0.4 is 5.32 Å². The lowest BCUT2D eigenvalue weighted by atomic mass is 9.53. The van der Waals surface area contributed by atoms with Crippen molar-refractivity contribution >= 4 is 11.9 Å². The molecule has 1 heterocycles. The van der Waals surface area contributed by atoms with Crippen molar-refractivity contribution in [2.75, 3.05) is 6.61 Å². The van der Waals surface area contributed by atoms with Gasteiger partial charge < -0.3 is 14.6 Å². The van der Waals surface area contributed by atoms with Crippen molar-refractivity contribution in [2.24, 2.45) is 17.8 Å². The van der Waals surface area contributed by atoms with Crippen LogP contribution in [0.5, 0.6) is 0 Å². The Morgan fingerprint density at radius 2 is 1.77 bits per heavy atom. The fourth-order valence-corrected chi connectivity index (χ4v) is 5.83. The van der Waals surface area contributed by atoms with Gasteiger partial charge in [0.15, 0.2) is 12.4 Å². The van der Waals surface area contributed by atoms with Gasteiger partial charge in [0.05, 0.1) is 5.69 Å². The van der Waals surface area contributed by atoms with E-state index in [1.54, 1.807) is 6.92 Å².